The maximum Gasteiger partial charge on any atom is 0.316 e. The van der Waals surface area contributed by atoms with Crippen molar-refractivity contribution in [1.82, 2.24) is 9.97 Å². The Labute approximate surface area is 111 Å². The minimum atomic E-state index is -0.227. The van der Waals surface area contributed by atoms with E-state index < -0.39 is 0 Å². The van der Waals surface area contributed by atoms with Crippen LogP contribution in [-0.2, 0) is 0 Å². The predicted octanol–water partition coefficient (Wildman–Crippen LogP) is 2.35. The number of ether oxygens (including phenoxy) is 1. The fourth-order valence-corrected chi connectivity index (χ4v) is 1.67. The summed E-state index contributed by atoms with van der Waals surface area (Å²) in [6.45, 7) is 3.68. The Balaban J connectivity index is 2.23. The van der Waals surface area contributed by atoms with Gasteiger partial charge in [0, 0.05) is 11.9 Å². The summed E-state index contributed by atoms with van der Waals surface area (Å²) in [6.07, 6.45) is 1.47. The van der Waals surface area contributed by atoms with E-state index in [4.69, 9.17) is 4.74 Å². The zero-order valence-electron chi connectivity index (χ0n) is 11.1. The lowest BCUT2D eigenvalue weighted by Gasteiger charge is -2.09. The second kappa shape index (κ2) is 5.48. The Morgan fingerprint density at radius 2 is 2.00 bits per heavy atom. The van der Waals surface area contributed by atoms with Gasteiger partial charge in [0.15, 0.2) is 0 Å². The molecule has 0 fully saturated rings. The zero-order chi connectivity index (χ0) is 13.8. The van der Waals surface area contributed by atoms with E-state index in [-0.39, 0.29) is 11.9 Å². The van der Waals surface area contributed by atoms with Crippen LogP contribution < -0.4 is 10.1 Å². The number of methoxy groups -OCH3 is 1. The molecular formula is C14H15N3O2. The number of aromatic nitrogens is 2. The van der Waals surface area contributed by atoms with Crippen LogP contribution in [0.15, 0.2) is 30.5 Å². The van der Waals surface area contributed by atoms with Crippen LogP contribution in [0.1, 0.15) is 21.6 Å². The monoisotopic (exact) mass is 257 g/mol. The summed E-state index contributed by atoms with van der Waals surface area (Å²) in [7, 11) is 1.49. The molecule has 0 saturated carbocycles. The number of nitrogens with zero attached hydrogens (tertiary/aromatic N) is 2. The van der Waals surface area contributed by atoms with Crippen LogP contribution in [0.25, 0.3) is 0 Å². The van der Waals surface area contributed by atoms with Crippen molar-refractivity contribution < 1.29 is 9.53 Å². The summed E-state index contributed by atoms with van der Waals surface area (Å²) in [4.78, 5) is 20.2. The number of amides is 1. The van der Waals surface area contributed by atoms with Gasteiger partial charge in [-0.05, 0) is 25.5 Å². The smallest absolute Gasteiger partial charge is 0.316 e. The molecule has 2 aromatic rings. The van der Waals surface area contributed by atoms with Gasteiger partial charge in [0.2, 0.25) is 0 Å². The molecule has 1 aromatic carbocycles. The third kappa shape index (κ3) is 2.88. The van der Waals surface area contributed by atoms with E-state index >= 15 is 0 Å². The average Bonchev–Trinajstić information content (AvgIpc) is 2.41. The van der Waals surface area contributed by atoms with E-state index in [0.29, 0.717) is 11.3 Å². The van der Waals surface area contributed by atoms with Gasteiger partial charge in [-0.15, -0.1) is 0 Å². The number of nitrogens with one attached hydrogen (secondary N) is 1. The van der Waals surface area contributed by atoms with E-state index in [1.54, 1.807) is 6.92 Å². The van der Waals surface area contributed by atoms with Crippen molar-refractivity contribution in [2.75, 3.05) is 12.4 Å². The van der Waals surface area contributed by atoms with Gasteiger partial charge in [-0.2, -0.15) is 4.98 Å². The first-order valence-electron chi connectivity index (χ1n) is 5.86. The molecule has 0 spiro atoms. The summed E-state index contributed by atoms with van der Waals surface area (Å²) in [5, 5.41) is 2.85. The molecule has 5 nitrogen and oxygen atoms in total. The second-order valence-corrected chi connectivity index (χ2v) is 4.12. The van der Waals surface area contributed by atoms with Crippen molar-refractivity contribution in [2.24, 2.45) is 0 Å². The quantitative estimate of drug-likeness (QED) is 0.916. The third-order valence-corrected chi connectivity index (χ3v) is 2.78. The van der Waals surface area contributed by atoms with Gasteiger partial charge in [0.05, 0.1) is 18.4 Å². The molecule has 1 heterocycles. The molecule has 1 amide bonds. The lowest BCUT2D eigenvalue weighted by Crippen LogP contribution is -2.15. The summed E-state index contributed by atoms with van der Waals surface area (Å²) in [5.41, 5.74) is 2.80. The van der Waals surface area contributed by atoms with Crippen LogP contribution in [0.4, 0.5) is 5.69 Å². The van der Waals surface area contributed by atoms with Gasteiger partial charge in [-0.3, -0.25) is 4.79 Å². The highest BCUT2D eigenvalue weighted by Crippen LogP contribution is 2.16. The number of rotatable bonds is 3. The SMILES string of the molecule is COc1ncc(C(=O)Nc2ccccc2C)c(C)n1. The number of para-hydroxylation sites is 1. The molecule has 1 N–H and O–H groups in total. The van der Waals surface area contributed by atoms with Crippen LogP contribution in [0.3, 0.4) is 0 Å². The zero-order valence-corrected chi connectivity index (χ0v) is 11.1. The number of carbonyl (C=O) groups excluding carboxylic acids is 1. The molecule has 0 aliphatic carbocycles. The maximum absolute atomic E-state index is 12.2. The van der Waals surface area contributed by atoms with Crippen molar-refractivity contribution in [1.29, 1.82) is 0 Å². The van der Waals surface area contributed by atoms with E-state index in [0.717, 1.165) is 11.3 Å². The highest BCUT2D eigenvalue weighted by atomic mass is 16.5. The maximum atomic E-state index is 12.2. The molecule has 98 valence electrons. The molecular weight excluding hydrogens is 242 g/mol. The van der Waals surface area contributed by atoms with Gasteiger partial charge >= 0.3 is 6.01 Å². The van der Waals surface area contributed by atoms with Crippen molar-refractivity contribution in [2.45, 2.75) is 13.8 Å². The van der Waals surface area contributed by atoms with Gasteiger partial charge in [0.1, 0.15) is 0 Å². The number of aryl methyl sites for hydroxylation is 2. The van der Waals surface area contributed by atoms with E-state index in [2.05, 4.69) is 15.3 Å². The molecule has 19 heavy (non-hydrogen) atoms. The molecule has 1 aromatic heterocycles. The van der Waals surface area contributed by atoms with Crippen LogP contribution in [-0.4, -0.2) is 23.0 Å². The van der Waals surface area contributed by atoms with Crippen molar-refractivity contribution in [3.8, 4) is 6.01 Å². The molecule has 0 aliphatic heterocycles. The highest BCUT2D eigenvalue weighted by molar-refractivity contribution is 6.05. The number of anilines is 1. The minimum Gasteiger partial charge on any atom is -0.467 e. The number of hydrogen-bond acceptors (Lipinski definition) is 4. The minimum absolute atomic E-state index is 0.227. The standard InChI is InChI=1S/C14H15N3O2/c1-9-6-4-5-7-12(9)17-13(18)11-8-15-14(19-3)16-10(11)2/h4-8H,1-3H3,(H,17,18). The van der Waals surface area contributed by atoms with Gasteiger partial charge in [0.25, 0.3) is 5.91 Å². The van der Waals surface area contributed by atoms with Crippen LogP contribution in [0.2, 0.25) is 0 Å². The van der Waals surface area contributed by atoms with Gasteiger partial charge in [-0.1, -0.05) is 18.2 Å². The van der Waals surface area contributed by atoms with Crippen LogP contribution >= 0.6 is 0 Å². The topological polar surface area (TPSA) is 64.1 Å². The molecule has 2 rings (SSSR count). The average molecular weight is 257 g/mol. The van der Waals surface area contributed by atoms with Gasteiger partial charge in [-0.25, -0.2) is 4.98 Å². The highest BCUT2D eigenvalue weighted by Gasteiger charge is 2.12. The molecule has 0 bridgehead atoms. The van der Waals surface area contributed by atoms with Crippen molar-refractivity contribution in [3.05, 3.63) is 47.3 Å². The van der Waals surface area contributed by atoms with Gasteiger partial charge < -0.3 is 10.1 Å². The summed E-state index contributed by atoms with van der Waals surface area (Å²) >= 11 is 0. The number of benzene rings is 1. The normalized spacial score (nSPS) is 10.1. The molecule has 0 unspecified atom stereocenters. The Morgan fingerprint density at radius 3 is 2.63 bits per heavy atom. The lowest BCUT2D eigenvalue weighted by molar-refractivity contribution is 0.102. The summed E-state index contributed by atoms with van der Waals surface area (Å²) in [5.74, 6) is -0.227. The first kappa shape index (κ1) is 13.0. The Kier molecular flexibility index (Phi) is 3.75. The fraction of sp³-hybridized carbons (Fsp3) is 0.214. The van der Waals surface area contributed by atoms with E-state index in [9.17, 15) is 4.79 Å². The van der Waals surface area contributed by atoms with Crippen molar-refractivity contribution >= 4 is 11.6 Å². The van der Waals surface area contributed by atoms with E-state index in [1.165, 1.54) is 13.3 Å². The Hall–Kier alpha value is -2.43. The Morgan fingerprint density at radius 1 is 1.26 bits per heavy atom. The van der Waals surface area contributed by atoms with Crippen LogP contribution in [0, 0.1) is 13.8 Å². The fourth-order valence-electron chi connectivity index (χ4n) is 1.67. The summed E-state index contributed by atoms with van der Waals surface area (Å²) < 4.78 is 4.91. The van der Waals surface area contributed by atoms with Crippen LogP contribution in [0.5, 0.6) is 6.01 Å². The molecule has 0 aliphatic rings. The second-order valence-electron chi connectivity index (χ2n) is 4.12. The molecule has 0 radical (unpaired) electrons. The predicted molar refractivity (Wildman–Crippen MR) is 72.5 cm³/mol. The largest absolute Gasteiger partial charge is 0.467 e. The summed E-state index contributed by atoms with van der Waals surface area (Å²) in [6, 6.07) is 7.84. The lowest BCUT2D eigenvalue weighted by atomic mass is 10.2. The molecule has 0 atom stereocenters. The number of hydrogen-bond donors (Lipinski definition) is 1. The number of carbonyl (C=O) groups is 1. The Bertz CT molecular complexity index is 611. The third-order valence-electron chi connectivity index (χ3n) is 2.78. The first-order valence-corrected chi connectivity index (χ1v) is 5.86. The molecule has 5 heteroatoms. The first-order chi connectivity index (χ1) is 9.11. The van der Waals surface area contributed by atoms with E-state index in [1.807, 2.05) is 31.2 Å². The molecule has 0 saturated heterocycles. The van der Waals surface area contributed by atoms with Crippen molar-refractivity contribution in [3.63, 3.8) is 0 Å².